The molecule has 34 heavy (non-hydrogen) atoms. The fourth-order valence-corrected chi connectivity index (χ4v) is 3.91. The molecule has 176 valence electrons. The highest BCUT2D eigenvalue weighted by atomic mass is 35.5. The van der Waals surface area contributed by atoms with Crippen LogP contribution in [0.5, 0.6) is 5.75 Å². The maximum absolute atomic E-state index is 13.0. The van der Waals surface area contributed by atoms with Gasteiger partial charge in [0.1, 0.15) is 11.8 Å². The van der Waals surface area contributed by atoms with Crippen molar-refractivity contribution in [2.45, 2.75) is 24.9 Å². The highest BCUT2D eigenvalue weighted by molar-refractivity contribution is 6.30. The molecule has 2 heterocycles. The van der Waals surface area contributed by atoms with Crippen LogP contribution in [0.25, 0.3) is 0 Å². The van der Waals surface area contributed by atoms with Gasteiger partial charge in [-0.25, -0.2) is 10.2 Å². The summed E-state index contributed by atoms with van der Waals surface area (Å²) < 4.78 is 42.5. The Morgan fingerprint density at radius 3 is 2.53 bits per heavy atom. The quantitative estimate of drug-likeness (QED) is 0.547. The second-order valence-electron chi connectivity index (χ2n) is 7.77. The Morgan fingerprint density at radius 2 is 1.94 bits per heavy atom. The van der Waals surface area contributed by atoms with Crippen molar-refractivity contribution < 1.29 is 22.7 Å². The molecule has 1 aliphatic rings. The van der Waals surface area contributed by atoms with Crippen LogP contribution in [0, 0.1) is 11.3 Å². The summed E-state index contributed by atoms with van der Waals surface area (Å²) in [4.78, 5) is 13.0. The molecule has 8 nitrogen and oxygen atoms in total. The van der Waals surface area contributed by atoms with E-state index in [1.807, 2.05) is 25.1 Å². The Bertz CT molecular complexity index is 1220. The number of ether oxygens (including phenoxy) is 1. The standard InChI is InChI=1S/C22H18ClF3N6O2/c1-21(15-2-4-16(23)5-3-15)19(31-12-14(10-27)11-28-31)13-32(30-21)20(33)29-17-6-8-18(9-7-17)34-22(24,25)26/h2-9,11-12,19,30H,13H2,1H3,(H,29,33). The lowest BCUT2D eigenvalue weighted by Gasteiger charge is -2.31. The van der Waals surface area contributed by atoms with Gasteiger partial charge in [-0.05, 0) is 48.9 Å². The number of hydrogen-bond acceptors (Lipinski definition) is 5. The van der Waals surface area contributed by atoms with Crippen LogP contribution in [0.2, 0.25) is 5.02 Å². The number of hydrogen-bond donors (Lipinski definition) is 2. The molecule has 2 atom stereocenters. The van der Waals surface area contributed by atoms with Crippen LogP contribution in [0.1, 0.15) is 24.1 Å². The minimum Gasteiger partial charge on any atom is -0.406 e. The number of rotatable bonds is 4. The van der Waals surface area contributed by atoms with E-state index in [0.717, 1.165) is 17.7 Å². The van der Waals surface area contributed by atoms with Gasteiger partial charge in [0.25, 0.3) is 0 Å². The van der Waals surface area contributed by atoms with Gasteiger partial charge in [0.05, 0.1) is 29.9 Å². The first kappa shape index (κ1) is 23.4. The van der Waals surface area contributed by atoms with Crippen LogP contribution in [-0.4, -0.2) is 33.7 Å². The zero-order valence-electron chi connectivity index (χ0n) is 17.7. The van der Waals surface area contributed by atoms with Gasteiger partial charge >= 0.3 is 12.4 Å². The normalized spacial score (nSPS) is 20.1. The van der Waals surface area contributed by atoms with Crippen LogP contribution in [0.15, 0.2) is 60.9 Å². The lowest BCUT2D eigenvalue weighted by Crippen LogP contribution is -2.47. The van der Waals surface area contributed by atoms with Gasteiger partial charge in [-0.15, -0.1) is 13.2 Å². The Kier molecular flexibility index (Phi) is 6.12. The number of nitrogens with one attached hydrogen (secondary N) is 2. The van der Waals surface area contributed by atoms with Crippen molar-refractivity contribution in [3.63, 3.8) is 0 Å². The molecule has 0 radical (unpaired) electrons. The zero-order valence-corrected chi connectivity index (χ0v) is 18.4. The summed E-state index contributed by atoms with van der Waals surface area (Å²) >= 11 is 6.04. The predicted molar refractivity (Wildman–Crippen MR) is 117 cm³/mol. The van der Waals surface area contributed by atoms with E-state index < -0.39 is 23.7 Å². The molecular weight excluding hydrogens is 473 g/mol. The second kappa shape index (κ2) is 8.89. The molecule has 0 saturated carbocycles. The number of hydrazine groups is 1. The van der Waals surface area contributed by atoms with Gasteiger partial charge in [0.15, 0.2) is 0 Å². The van der Waals surface area contributed by atoms with Gasteiger partial charge < -0.3 is 10.1 Å². The number of nitriles is 1. The lowest BCUT2D eigenvalue weighted by molar-refractivity contribution is -0.274. The van der Waals surface area contributed by atoms with Crippen LogP contribution >= 0.6 is 11.6 Å². The molecule has 2 amide bonds. The fourth-order valence-electron chi connectivity index (χ4n) is 3.79. The van der Waals surface area contributed by atoms with Crippen molar-refractivity contribution in [2.75, 3.05) is 11.9 Å². The lowest BCUT2D eigenvalue weighted by atomic mass is 9.86. The third-order valence-corrected chi connectivity index (χ3v) is 5.72. The van der Waals surface area contributed by atoms with Gasteiger partial charge in [-0.2, -0.15) is 10.4 Å². The molecule has 0 aliphatic carbocycles. The number of carbonyl (C=O) groups is 1. The summed E-state index contributed by atoms with van der Waals surface area (Å²) in [5, 5.41) is 18.0. The van der Waals surface area contributed by atoms with Crippen molar-refractivity contribution in [1.82, 2.24) is 20.2 Å². The molecule has 2 unspecified atom stereocenters. The van der Waals surface area contributed by atoms with E-state index in [2.05, 4.69) is 20.6 Å². The molecule has 0 spiro atoms. The Balaban J connectivity index is 1.56. The number of aromatic nitrogens is 2. The molecule has 2 aromatic carbocycles. The topological polar surface area (TPSA) is 95.2 Å². The second-order valence-corrected chi connectivity index (χ2v) is 8.21. The molecule has 1 aliphatic heterocycles. The van der Waals surface area contributed by atoms with Crippen LogP contribution in [-0.2, 0) is 5.54 Å². The zero-order chi connectivity index (χ0) is 24.5. The third-order valence-electron chi connectivity index (χ3n) is 5.47. The number of urea groups is 1. The summed E-state index contributed by atoms with van der Waals surface area (Å²) in [7, 11) is 0. The Labute approximate surface area is 197 Å². The highest BCUT2D eigenvalue weighted by Crippen LogP contribution is 2.39. The molecule has 1 aromatic heterocycles. The van der Waals surface area contributed by atoms with Crippen LogP contribution in [0.3, 0.4) is 0 Å². The number of anilines is 1. The predicted octanol–water partition coefficient (Wildman–Crippen LogP) is 4.82. The van der Waals surface area contributed by atoms with E-state index in [4.69, 9.17) is 11.6 Å². The molecular formula is C22H18ClF3N6O2. The van der Waals surface area contributed by atoms with E-state index in [9.17, 15) is 23.2 Å². The monoisotopic (exact) mass is 490 g/mol. The first-order chi connectivity index (χ1) is 16.1. The number of carbonyl (C=O) groups excluding carboxylic acids is 1. The van der Waals surface area contributed by atoms with Gasteiger partial charge in [0, 0.05) is 16.9 Å². The molecule has 0 bridgehead atoms. The summed E-state index contributed by atoms with van der Waals surface area (Å²) in [6, 6.07) is 13.1. The summed E-state index contributed by atoms with van der Waals surface area (Å²) in [6.07, 6.45) is -1.76. The van der Waals surface area contributed by atoms with Crippen molar-refractivity contribution >= 4 is 23.3 Å². The van der Waals surface area contributed by atoms with Crippen molar-refractivity contribution in [3.05, 3.63) is 77.1 Å². The molecule has 2 N–H and O–H groups in total. The van der Waals surface area contributed by atoms with E-state index >= 15 is 0 Å². The minimum absolute atomic E-state index is 0.187. The number of amides is 2. The maximum atomic E-state index is 13.0. The Morgan fingerprint density at radius 1 is 1.26 bits per heavy atom. The number of halogens is 4. The van der Waals surface area contributed by atoms with E-state index in [1.54, 1.807) is 23.0 Å². The van der Waals surface area contributed by atoms with Gasteiger partial charge in [0.2, 0.25) is 0 Å². The highest BCUT2D eigenvalue weighted by Gasteiger charge is 2.47. The molecule has 1 fully saturated rings. The minimum atomic E-state index is -4.80. The fraction of sp³-hybridized carbons (Fsp3) is 0.227. The number of benzene rings is 2. The largest absolute Gasteiger partial charge is 0.573 e. The number of nitrogens with zero attached hydrogens (tertiary/aromatic N) is 4. The van der Waals surface area contributed by atoms with Crippen LogP contribution < -0.4 is 15.5 Å². The Hall–Kier alpha value is -3.75. The van der Waals surface area contributed by atoms with Gasteiger partial charge in [-0.3, -0.25) is 9.69 Å². The van der Waals surface area contributed by atoms with Gasteiger partial charge in [-0.1, -0.05) is 23.7 Å². The maximum Gasteiger partial charge on any atom is 0.573 e. The first-order valence-electron chi connectivity index (χ1n) is 10.00. The number of alkyl halides is 3. The molecule has 12 heteroatoms. The summed E-state index contributed by atoms with van der Waals surface area (Å²) in [6.45, 7) is 2.08. The molecule has 1 saturated heterocycles. The average molecular weight is 491 g/mol. The SMILES string of the molecule is CC1(c2ccc(Cl)cc2)NN(C(=O)Nc2ccc(OC(F)(F)F)cc2)CC1n1cc(C#N)cn1. The average Bonchev–Trinajstić information content (AvgIpc) is 3.39. The summed E-state index contributed by atoms with van der Waals surface area (Å²) in [5.41, 5.74) is 3.89. The molecule has 4 rings (SSSR count). The van der Waals surface area contributed by atoms with E-state index in [1.165, 1.54) is 23.3 Å². The molecule has 3 aromatic rings. The van der Waals surface area contributed by atoms with Crippen molar-refractivity contribution in [3.8, 4) is 11.8 Å². The third kappa shape index (κ3) is 4.93. The van der Waals surface area contributed by atoms with Crippen molar-refractivity contribution in [1.29, 1.82) is 5.26 Å². The summed E-state index contributed by atoms with van der Waals surface area (Å²) in [5.74, 6) is -0.396. The van der Waals surface area contributed by atoms with E-state index in [-0.39, 0.29) is 18.3 Å². The first-order valence-corrected chi connectivity index (χ1v) is 10.4. The van der Waals surface area contributed by atoms with E-state index in [0.29, 0.717) is 10.6 Å². The smallest absolute Gasteiger partial charge is 0.406 e. The van der Waals surface area contributed by atoms with Crippen molar-refractivity contribution in [2.24, 2.45) is 0 Å². The van der Waals surface area contributed by atoms with Crippen LogP contribution in [0.4, 0.5) is 23.7 Å².